The summed E-state index contributed by atoms with van der Waals surface area (Å²) in [5, 5.41) is 12.0. The maximum Gasteiger partial charge on any atom is 0.254 e. The van der Waals surface area contributed by atoms with Crippen molar-refractivity contribution in [2.24, 2.45) is 0 Å². The zero-order chi connectivity index (χ0) is 17.9. The van der Waals surface area contributed by atoms with Crippen LogP contribution in [0.1, 0.15) is 12.8 Å². The van der Waals surface area contributed by atoms with Crippen LogP contribution in [0.3, 0.4) is 0 Å². The Kier molecular flexibility index (Phi) is 5.42. The van der Waals surface area contributed by atoms with Gasteiger partial charge in [-0.25, -0.2) is 0 Å². The van der Waals surface area contributed by atoms with Crippen molar-refractivity contribution in [2.75, 3.05) is 24.2 Å². The zero-order valence-electron chi connectivity index (χ0n) is 14.3. The van der Waals surface area contributed by atoms with Gasteiger partial charge in [-0.3, -0.25) is 9.59 Å². The first-order valence-electron chi connectivity index (χ1n) is 8.86. The molecule has 3 aliphatic rings. The molecule has 6 nitrogen and oxygen atoms in total. The Morgan fingerprint density at radius 1 is 1.12 bits per heavy atom. The summed E-state index contributed by atoms with van der Waals surface area (Å²) in [5.41, 5.74) is 1.65. The number of fused-ring (bicyclic) bond motifs is 1. The largest absolute Gasteiger partial charge is 0.364 e. The summed E-state index contributed by atoms with van der Waals surface area (Å²) in [4.78, 5) is 26.3. The number of para-hydroxylation sites is 1. The van der Waals surface area contributed by atoms with E-state index in [2.05, 4.69) is 21.3 Å². The van der Waals surface area contributed by atoms with Crippen LogP contribution in [-0.2, 0) is 9.59 Å². The van der Waals surface area contributed by atoms with E-state index >= 15 is 0 Å². The van der Waals surface area contributed by atoms with Gasteiger partial charge >= 0.3 is 0 Å². The Hall–Kier alpha value is -1.64. The molecule has 1 saturated heterocycles. The maximum atomic E-state index is 12.7. The molecule has 2 amide bonds. The van der Waals surface area contributed by atoms with E-state index in [1.54, 1.807) is 11.8 Å². The molecule has 3 heterocycles. The standard InChI is InChI=1S/C18H22N4O2S2/c23-15(20-11-5-8-19-9-6-11)12-7-10-25-17(12)22-16(24)18-21-13-3-1-2-4-14(13)26-18/h1-4,7,11,17-19,21H,5-6,8-10H2,(H,20,23)(H,22,24). The second-order valence-corrected chi connectivity index (χ2v) is 8.80. The Balaban J connectivity index is 1.33. The molecule has 4 rings (SSSR count). The van der Waals surface area contributed by atoms with Crippen molar-refractivity contribution in [3.8, 4) is 0 Å². The summed E-state index contributed by atoms with van der Waals surface area (Å²) >= 11 is 3.08. The van der Waals surface area contributed by atoms with Crippen molar-refractivity contribution in [2.45, 2.75) is 34.5 Å². The van der Waals surface area contributed by atoms with Gasteiger partial charge in [-0.1, -0.05) is 30.0 Å². The molecule has 0 spiro atoms. The molecule has 0 bridgehead atoms. The van der Waals surface area contributed by atoms with E-state index in [0.29, 0.717) is 5.57 Å². The smallest absolute Gasteiger partial charge is 0.254 e. The number of piperidine rings is 1. The monoisotopic (exact) mass is 390 g/mol. The van der Waals surface area contributed by atoms with Gasteiger partial charge in [0.1, 0.15) is 5.37 Å². The molecule has 0 saturated carbocycles. The van der Waals surface area contributed by atoms with Gasteiger partial charge < -0.3 is 21.3 Å². The molecule has 3 aliphatic heterocycles. The molecule has 2 atom stereocenters. The van der Waals surface area contributed by atoms with E-state index in [4.69, 9.17) is 0 Å². The molecule has 4 N–H and O–H groups in total. The summed E-state index contributed by atoms with van der Waals surface area (Å²) in [6.45, 7) is 1.87. The van der Waals surface area contributed by atoms with Crippen molar-refractivity contribution in [3.63, 3.8) is 0 Å². The molecule has 2 unspecified atom stereocenters. The average molecular weight is 391 g/mol. The van der Waals surface area contributed by atoms with E-state index in [-0.39, 0.29) is 28.6 Å². The number of amides is 2. The molecule has 0 radical (unpaired) electrons. The summed E-state index contributed by atoms with van der Waals surface area (Å²) in [7, 11) is 0. The predicted octanol–water partition coefficient (Wildman–Crippen LogP) is 1.51. The Morgan fingerprint density at radius 3 is 2.73 bits per heavy atom. The third-order valence-corrected chi connectivity index (χ3v) is 6.96. The molecule has 1 aromatic carbocycles. The van der Waals surface area contributed by atoms with Crippen molar-refractivity contribution in [3.05, 3.63) is 35.9 Å². The van der Waals surface area contributed by atoms with E-state index in [9.17, 15) is 9.59 Å². The van der Waals surface area contributed by atoms with Gasteiger partial charge in [0.15, 0.2) is 5.37 Å². The molecular formula is C18H22N4O2S2. The first-order valence-corrected chi connectivity index (χ1v) is 10.8. The van der Waals surface area contributed by atoms with Crippen LogP contribution in [0.15, 0.2) is 40.8 Å². The number of hydrogen-bond donors (Lipinski definition) is 4. The van der Waals surface area contributed by atoms with Gasteiger partial charge in [-0.05, 0) is 38.1 Å². The van der Waals surface area contributed by atoms with Gasteiger partial charge in [0.2, 0.25) is 5.91 Å². The first-order chi connectivity index (χ1) is 12.7. The highest BCUT2D eigenvalue weighted by Gasteiger charge is 2.33. The fourth-order valence-electron chi connectivity index (χ4n) is 3.31. The van der Waals surface area contributed by atoms with Crippen LogP contribution >= 0.6 is 23.5 Å². The number of carbonyl (C=O) groups excluding carboxylic acids is 2. The minimum atomic E-state index is -0.359. The molecule has 138 valence electrons. The third kappa shape index (κ3) is 3.87. The zero-order valence-corrected chi connectivity index (χ0v) is 15.9. The van der Waals surface area contributed by atoms with Gasteiger partial charge in [0, 0.05) is 28.0 Å². The Morgan fingerprint density at radius 2 is 1.92 bits per heavy atom. The second kappa shape index (κ2) is 7.94. The van der Waals surface area contributed by atoms with E-state index in [1.165, 1.54) is 11.8 Å². The van der Waals surface area contributed by atoms with E-state index < -0.39 is 0 Å². The molecule has 0 aromatic heterocycles. The van der Waals surface area contributed by atoms with Gasteiger partial charge in [-0.2, -0.15) is 0 Å². The van der Waals surface area contributed by atoms with E-state index in [1.807, 2.05) is 30.3 Å². The van der Waals surface area contributed by atoms with Crippen LogP contribution in [0.25, 0.3) is 0 Å². The quantitative estimate of drug-likeness (QED) is 0.624. The van der Waals surface area contributed by atoms with Crippen LogP contribution in [0.4, 0.5) is 5.69 Å². The average Bonchev–Trinajstić information content (AvgIpc) is 3.29. The number of nitrogens with one attached hydrogen (secondary N) is 4. The van der Waals surface area contributed by atoms with Crippen molar-refractivity contribution in [1.82, 2.24) is 16.0 Å². The van der Waals surface area contributed by atoms with Crippen LogP contribution in [0.2, 0.25) is 0 Å². The van der Waals surface area contributed by atoms with Crippen LogP contribution in [0.5, 0.6) is 0 Å². The normalized spacial score (nSPS) is 25.2. The highest BCUT2D eigenvalue weighted by molar-refractivity contribution is 8.01. The summed E-state index contributed by atoms with van der Waals surface area (Å²) in [6, 6.07) is 8.10. The lowest BCUT2D eigenvalue weighted by Gasteiger charge is -2.25. The van der Waals surface area contributed by atoms with Crippen LogP contribution in [-0.4, -0.2) is 47.4 Å². The highest BCUT2D eigenvalue weighted by atomic mass is 32.2. The lowest BCUT2D eigenvalue weighted by molar-refractivity contribution is -0.120. The molecular weight excluding hydrogens is 368 g/mol. The summed E-state index contributed by atoms with van der Waals surface area (Å²) in [5.74, 6) is 0.597. The van der Waals surface area contributed by atoms with Crippen LogP contribution in [0, 0.1) is 0 Å². The Bertz CT molecular complexity index is 709. The van der Waals surface area contributed by atoms with Gasteiger partial charge in [0.25, 0.3) is 5.91 Å². The fraction of sp³-hybridized carbons (Fsp3) is 0.444. The third-order valence-electron chi connectivity index (χ3n) is 4.72. The lowest BCUT2D eigenvalue weighted by Crippen LogP contribution is -2.47. The number of hydrogen-bond acceptors (Lipinski definition) is 6. The number of carbonyl (C=O) groups is 2. The SMILES string of the molecule is O=C(NC1CCNCC1)C1=CCSC1NC(=O)C1Nc2ccccc2S1. The second-order valence-electron chi connectivity index (χ2n) is 6.52. The van der Waals surface area contributed by atoms with Gasteiger partial charge in [0.05, 0.1) is 0 Å². The number of thioether (sulfide) groups is 2. The highest BCUT2D eigenvalue weighted by Crippen LogP contribution is 2.38. The molecule has 1 fully saturated rings. The van der Waals surface area contributed by atoms with Gasteiger partial charge in [-0.15, -0.1) is 11.8 Å². The molecule has 1 aromatic rings. The fourth-order valence-corrected chi connectivity index (χ4v) is 5.38. The number of anilines is 1. The first kappa shape index (κ1) is 17.8. The molecule has 8 heteroatoms. The maximum absolute atomic E-state index is 12.7. The topological polar surface area (TPSA) is 82.3 Å². The molecule has 26 heavy (non-hydrogen) atoms. The number of benzene rings is 1. The van der Waals surface area contributed by atoms with Crippen LogP contribution < -0.4 is 21.3 Å². The summed E-state index contributed by atoms with van der Waals surface area (Å²) in [6.07, 6.45) is 3.82. The number of rotatable bonds is 4. The van der Waals surface area contributed by atoms with Crippen molar-refractivity contribution >= 4 is 41.0 Å². The minimum Gasteiger partial charge on any atom is -0.364 e. The van der Waals surface area contributed by atoms with Crippen molar-refractivity contribution in [1.29, 1.82) is 0 Å². The Labute approximate surface area is 161 Å². The lowest BCUT2D eigenvalue weighted by atomic mass is 10.1. The van der Waals surface area contributed by atoms with E-state index in [0.717, 1.165) is 42.3 Å². The molecule has 0 aliphatic carbocycles. The van der Waals surface area contributed by atoms with Crippen molar-refractivity contribution < 1.29 is 9.59 Å². The summed E-state index contributed by atoms with van der Waals surface area (Å²) < 4.78 is 0. The minimum absolute atomic E-state index is 0.0532. The predicted molar refractivity (Wildman–Crippen MR) is 106 cm³/mol.